The molecule has 10 heteroatoms. The van der Waals surface area contributed by atoms with Gasteiger partial charge in [-0.25, -0.2) is 8.42 Å². The number of nitrogens with one attached hydrogen (secondary N) is 2. The highest BCUT2D eigenvalue weighted by molar-refractivity contribution is 7.90. The number of rotatable bonds is 7. The third-order valence-electron chi connectivity index (χ3n) is 7.10. The Hall–Kier alpha value is -3.07. The Labute approximate surface area is 230 Å². The molecule has 1 aliphatic heterocycles. The number of hydrogen-bond acceptors (Lipinski definition) is 4. The first kappa shape index (κ1) is 26.5. The number of aryl methyl sites for hydroxylation is 1. The maximum atomic E-state index is 13.3. The summed E-state index contributed by atoms with van der Waals surface area (Å²) in [5, 5.41) is 12.6. The van der Waals surface area contributed by atoms with E-state index in [4.69, 9.17) is 23.2 Å². The molecule has 2 aromatic carbocycles. The van der Waals surface area contributed by atoms with E-state index >= 15 is 0 Å². The minimum atomic E-state index is -3.83. The topological polar surface area (TPSA) is 116 Å². The number of carboxylic acid groups (broad SMARTS) is 1. The van der Waals surface area contributed by atoms with Gasteiger partial charge in [0.15, 0.2) is 9.84 Å². The summed E-state index contributed by atoms with van der Waals surface area (Å²) in [5.74, 6) is -1.62. The molecule has 1 amide bonds. The standard InChI is InChI=1S/C28H26Cl2N2O5S/c29-22-6-4-7-23(30)21(22)15-38(36,37)16-9-11-25-19(13-16)20(28(35)32-25)14-26-18(10-12-27(33)34)17-5-2-1-3-8-24(17)31-26/h4,6-7,9,11,13-14,31H,1-3,5,8,10,12,15H2,(H,32,35)(H,33,34). The molecule has 0 saturated heterocycles. The molecule has 38 heavy (non-hydrogen) atoms. The fourth-order valence-electron chi connectivity index (χ4n) is 5.19. The van der Waals surface area contributed by atoms with E-state index in [1.165, 1.54) is 12.1 Å². The quantitative estimate of drug-likeness (QED) is 0.234. The van der Waals surface area contributed by atoms with E-state index in [1.54, 1.807) is 30.3 Å². The van der Waals surface area contributed by atoms with Crippen molar-refractivity contribution in [3.8, 4) is 0 Å². The molecule has 2 aliphatic rings. The molecule has 0 bridgehead atoms. The van der Waals surface area contributed by atoms with Crippen LogP contribution in [0.15, 0.2) is 41.3 Å². The minimum Gasteiger partial charge on any atom is -0.481 e. The maximum Gasteiger partial charge on any atom is 0.303 e. The average molecular weight is 573 g/mol. The highest BCUT2D eigenvalue weighted by Crippen LogP contribution is 2.38. The third-order valence-corrected chi connectivity index (χ3v) is 9.45. The Morgan fingerprint density at radius 1 is 1.03 bits per heavy atom. The summed E-state index contributed by atoms with van der Waals surface area (Å²) in [5.41, 5.74) is 5.45. The number of aromatic nitrogens is 1. The van der Waals surface area contributed by atoms with Crippen LogP contribution >= 0.6 is 23.2 Å². The van der Waals surface area contributed by atoms with Gasteiger partial charge in [-0.15, -0.1) is 0 Å². The van der Waals surface area contributed by atoms with Crippen molar-refractivity contribution in [3.05, 3.63) is 80.1 Å². The van der Waals surface area contributed by atoms with Crippen LogP contribution in [0.25, 0.3) is 11.6 Å². The summed E-state index contributed by atoms with van der Waals surface area (Å²) >= 11 is 12.4. The zero-order valence-electron chi connectivity index (χ0n) is 20.4. The number of hydrogen-bond donors (Lipinski definition) is 3. The summed E-state index contributed by atoms with van der Waals surface area (Å²) in [4.78, 5) is 27.8. The summed E-state index contributed by atoms with van der Waals surface area (Å²) in [7, 11) is -3.83. The fourth-order valence-corrected chi connectivity index (χ4v) is 7.31. The van der Waals surface area contributed by atoms with Crippen LogP contribution in [-0.4, -0.2) is 30.4 Å². The van der Waals surface area contributed by atoms with E-state index < -0.39 is 15.8 Å². The van der Waals surface area contributed by atoms with E-state index in [0.717, 1.165) is 48.9 Å². The lowest BCUT2D eigenvalue weighted by Gasteiger charge is -2.10. The zero-order valence-corrected chi connectivity index (χ0v) is 22.8. The van der Waals surface area contributed by atoms with Crippen molar-refractivity contribution in [2.45, 2.75) is 55.6 Å². The molecule has 0 radical (unpaired) electrons. The Bertz CT molecular complexity index is 1570. The molecule has 1 aliphatic carbocycles. The highest BCUT2D eigenvalue weighted by Gasteiger charge is 2.29. The number of H-pyrrole nitrogens is 1. The summed E-state index contributed by atoms with van der Waals surface area (Å²) < 4.78 is 26.6. The first-order chi connectivity index (χ1) is 18.1. The second-order valence-electron chi connectivity index (χ2n) is 9.61. The van der Waals surface area contributed by atoms with Gasteiger partial charge >= 0.3 is 5.97 Å². The van der Waals surface area contributed by atoms with E-state index in [9.17, 15) is 23.1 Å². The van der Waals surface area contributed by atoms with Gasteiger partial charge in [0.1, 0.15) is 0 Å². The van der Waals surface area contributed by atoms with Gasteiger partial charge in [0.25, 0.3) is 5.91 Å². The van der Waals surface area contributed by atoms with Crippen LogP contribution < -0.4 is 5.32 Å². The Morgan fingerprint density at radius 2 is 1.76 bits per heavy atom. The van der Waals surface area contributed by atoms with Crippen LogP contribution in [0.1, 0.15) is 59.3 Å². The summed E-state index contributed by atoms with van der Waals surface area (Å²) in [6.45, 7) is 0. The van der Waals surface area contributed by atoms with Gasteiger partial charge in [0, 0.05) is 44.7 Å². The summed E-state index contributed by atoms with van der Waals surface area (Å²) in [6, 6.07) is 9.34. The monoisotopic (exact) mass is 572 g/mol. The lowest BCUT2D eigenvalue weighted by atomic mass is 9.98. The molecule has 0 fully saturated rings. The van der Waals surface area contributed by atoms with Crippen molar-refractivity contribution in [2.75, 3.05) is 5.32 Å². The molecule has 5 rings (SSSR count). The number of anilines is 1. The smallest absolute Gasteiger partial charge is 0.303 e. The molecule has 2 heterocycles. The Morgan fingerprint density at radius 3 is 2.50 bits per heavy atom. The average Bonchev–Trinajstić information content (AvgIpc) is 3.24. The van der Waals surface area contributed by atoms with Crippen LogP contribution in [0.4, 0.5) is 5.69 Å². The molecule has 7 nitrogen and oxygen atoms in total. The minimum absolute atomic E-state index is 0.0176. The van der Waals surface area contributed by atoms with Gasteiger partial charge in [-0.1, -0.05) is 35.7 Å². The number of carbonyl (C=O) groups excluding carboxylic acids is 1. The highest BCUT2D eigenvalue weighted by atomic mass is 35.5. The van der Waals surface area contributed by atoms with Crippen LogP contribution in [0.3, 0.4) is 0 Å². The first-order valence-corrected chi connectivity index (χ1v) is 14.8. The molecular weight excluding hydrogens is 547 g/mol. The number of aromatic amines is 1. The van der Waals surface area contributed by atoms with E-state index in [2.05, 4.69) is 10.3 Å². The number of aliphatic carboxylic acids is 1. The molecule has 198 valence electrons. The lowest BCUT2D eigenvalue weighted by molar-refractivity contribution is -0.137. The molecule has 0 atom stereocenters. The molecule has 1 aromatic heterocycles. The second-order valence-corrected chi connectivity index (χ2v) is 12.4. The second kappa shape index (κ2) is 10.6. The first-order valence-electron chi connectivity index (χ1n) is 12.4. The van der Waals surface area contributed by atoms with Crippen LogP contribution in [0, 0.1) is 0 Å². The van der Waals surface area contributed by atoms with Gasteiger partial charge in [0.05, 0.1) is 16.2 Å². The van der Waals surface area contributed by atoms with Gasteiger partial charge < -0.3 is 15.4 Å². The fraction of sp³-hybridized carbons (Fsp3) is 0.286. The van der Waals surface area contributed by atoms with E-state index in [0.29, 0.717) is 34.5 Å². The van der Waals surface area contributed by atoms with Gasteiger partial charge in [0.2, 0.25) is 0 Å². The SMILES string of the molecule is O=C(O)CCc1c(C=C2C(=O)Nc3ccc(S(=O)(=O)Cc4c(Cl)cccc4Cl)cc32)[nH]c2c1CCCCC2. The normalized spacial score (nSPS) is 16.2. The predicted molar refractivity (Wildman–Crippen MR) is 148 cm³/mol. The molecule has 0 unspecified atom stereocenters. The number of benzene rings is 2. The van der Waals surface area contributed by atoms with E-state index in [1.807, 2.05) is 0 Å². The van der Waals surface area contributed by atoms with Crippen molar-refractivity contribution in [3.63, 3.8) is 0 Å². The van der Waals surface area contributed by atoms with Crippen LogP contribution in [0.2, 0.25) is 10.0 Å². The lowest BCUT2D eigenvalue weighted by Crippen LogP contribution is -2.06. The Kier molecular flexibility index (Phi) is 7.40. The number of fused-ring (bicyclic) bond motifs is 2. The van der Waals surface area contributed by atoms with Crippen molar-refractivity contribution < 1.29 is 23.1 Å². The van der Waals surface area contributed by atoms with Crippen molar-refractivity contribution >= 4 is 62.3 Å². The molecule has 0 saturated carbocycles. The largest absolute Gasteiger partial charge is 0.481 e. The van der Waals surface area contributed by atoms with Gasteiger partial charge in [-0.05, 0) is 79.6 Å². The molecule has 3 aromatic rings. The van der Waals surface area contributed by atoms with Crippen molar-refractivity contribution in [1.82, 2.24) is 4.98 Å². The molecule has 0 spiro atoms. The number of amides is 1. The number of halogens is 2. The van der Waals surface area contributed by atoms with Crippen molar-refractivity contribution in [1.29, 1.82) is 0 Å². The molecular formula is C28H26Cl2N2O5S. The number of sulfone groups is 1. The zero-order chi connectivity index (χ0) is 27.0. The number of carbonyl (C=O) groups is 2. The van der Waals surface area contributed by atoms with Gasteiger partial charge in [-0.2, -0.15) is 0 Å². The maximum absolute atomic E-state index is 13.3. The van der Waals surface area contributed by atoms with Crippen molar-refractivity contribution in [2.24, 2.45) is 0 Å². The predicted octanol–water partition coefficient (Wildman–Crippen LogP) is 6.07. The van der Waals surface area contributed by atoms with Crippen LogP contribution in [-0.2, 0) is 44.4 Å². The van der Waals surface area contributed by atoms with Gasteiger partial charge in [-0.3, -0.25) is 9.59 Å². The third kappa shape index (κ3) is 5.25. The van der Waals surface area contributed by atoms with E-state index in [-0.39, 0.29) is 33.0 Å². The Balaban J connectivity index is 1.55. The summed E-state index contributed by atoms with van der Waals surface area (Å²) in [6.07, 6.45) is 6.97. The number of carboxylic acids is 1. The van der Waals surface area contributed by atoms with Crippen LogP contribution in [0.5, 0.6) is 0 Å². The molecule has 3 N–H and O–H groups in total.